The average molecular weight is 312 g/mol. The fraction of sp³-hybridized carbons (Fsp3) is 0.571. The topological polar surface area (TPSA) is 49.4 Å². The van der Waals surface area contributed by atoms with Crippen molar-refractivity contribution in [3.05, 3.63) is 23.8 Å². The van der Waals surface area contributed by atoms with E-state index in [1.807, 2.05) is 17.8 Å². The fourth-order valence-corrected chi connectivity index (χ4v) is 5.70. The third kappa shape index (κ3) is 2.56. The molecule has 1 fully saturated rings. The first kappa shape index (κ1) is 14.2. The van der Waals surface area contributed by atoms with Crippen molar-refractivity contribution in [2.45, 2.75) is 29.9 Å². The summed E-state index contributed by atoms with van der Waals surface area (Å²) >= 11 is 1.84. The number of hydrogen-bond donors (Lipinski definition) is 1. The molecule has 0 aromatic heterocycles. The number of nitrogens with zero attached hydrogens (tertiary/aromatic N) is 1. The van der Waals surface area contributed by atoms with Gasteiger partial charge in [0.2, 0.25) is 10.0 Å². The molecule has 4 nitrogen and oxygen atoms in total. The summed E-state index contributed by atoms with van der Waals surface area (Å²) in [5.74, 6) is 0.857. The van der Waals surface area contributed by atoms with Crippen molar-refractivity contribution < 1.29 is 8.42 Å². The Balaban J connectivity index is 1.92. The van der Waals surface area contributed by atoms with E-state index in [2.05, 4.69) is 19.2 Å². The molecule has 6 heteroatoms. The molecule has 3 rings (SSSR count). The van der Waals surface area contributed by atoms with Gasteiger partial charge in [0.1, 0.15) is 0 Å². The normalized spacial score (nSPS) is 22.3. The third-order valence-electron chi connectivity index (χ3n) is 3.82. The van der Waals surface area contributed by atoms with Gasteiger partial charge in [-0.25, -0.2) is 8.42 Å². The lowest BCUT2D eigenvalue weighted by molar-refractivity contribution is 0.387. The number of rotatable bonds is 2. The molecule has 0 unspecified atom stereocenters. The Morgan fingerprint density at radius 1 is 1.35 bits per heavy atom. The molecule has 110 valence electrons. The highest BCUT2D eigenvalue weighted by Crippen LogP contribution is 2.33. The van der Waals surface area contributed by atoms with Crippen LogP contribution in [0, 0.1) is 0 Å². The van der Waals surface area contributed by atoms with Gasteiger partial charge >= 0.3 is 0 Å². The van der Waals surface area contributed by atoms with Crippen LogP contribution in [0.2, 0.25) is 0 Å². The van der Waals surface area contributed by atoms with Gasteiger partial charge in [0, 0.05) is 35.8 Å². The summed E-state index contributed by atoms with van der Waals surface area (Å²) in [5, 5.41) is 3.24. The first-order chi connectivity index (χ1) is 9.38. The predicted molar refractivity (Wildman–Crippen MR) is 83.9 cm³/mol. The highest BCUT2D eigenvalue weighted by molar-refractivity contribution is 8.00. The van der Waals surface area contributed by atoms with E-state index in [9.17, 15) is 8.42 Å². The average Bonchev–Trinajstić information content (AvgIpc) is 2.84. The Morgan fingerprint density at radius 2 is 2.15 bits per heavy atom. The summed E-state index contributed by atoms with van der Waals surface area (Å²) in [5.41, 5.74) is 2.18. The van der Waals surface area contributed by atoms with E-state index in [4.69, 9.17) is 0 Å². The van der Waals surface area contributed by atoms with E-state index < -0.39 is 10.0 Å². The van der Waals surface area contributed by atoms with Crippen molar-refractivity contribution in [3.8, 4) is 0 Å². The standard InChI is InChI=1S/C14H20N2O2S2/c1-14(2)10-16(7-8-19-14)20(17,18)12-4-3-11-5-6-15-13(11)9-12/h3-4,9,15H,5-8,10H2,1-2H3. The number of fused-ring (bicyclic) bond motifs is 1. The van der Waals surface area contributed by atoms with Gasteiger partial charge in [0.15, 0.2) is 0 Å². The summed E-state index contributed by atoms with van der Waals surface area (Å²) < 4.78 is 27.1. The van der Waals surface area contributed by atoms with Gasteiger partial charge in [-0.2, -0.15) is 16.1 Å². The summed E-state index contributed by atoms with van der Waals surface area (Å²) in [6.45, 7) is 6.27. The number of benzene rings is 1. The largest absolute Gasteiger partial charge is 0.384 e. The van der Waals surface area contributed by atoms with Gasteiger partial charge in [-0.3, -0.25) is 0 Å². The van der Waals surface area contributed by atoms with Crippen LogP contribution in [-0.2, 0) is 16.4 Å². The van der Waals surface area contributed by atoms with E-state index in [0.717, 1.165) is 24.4 Å². The van der Waals surface area contributed by atoms with Crippen LogP contribution in [0.15, 0.2) is 23.1 Å². The third-order valence-corrected chi connectivity index (χ3v) is 6.96. The quantitative estimate of drug-likeness (QED) is 0.909. The van der Waals surface area contributed by atoms with Gasteiger partial charge in [0.25, 0.3) is 0 Å². The second-order valence-corrected chi connectivity index (χ2v) is 9.68. The van der Waals surface area contributed by atoms with Crippen molar-refractivity contribution in [1.29, 1.82) is 0 Å². The lowest BCUT2D eigenvalue weighted by Gasteiger charge is -2.36. The van der Waals surface area contributed by atoms with Crippen molar-refractivity contribution in [2.24, 2.45) is 0 Å². The molecule has 0 bridgehead atoms. The van der Waals surface area contributed by atoms with Gasteiger partial charge in [-0.05, 0) is 38.0 Å². The molecule has 2 aliphatic rings. The van der Waals surface area contributed by atoms with E-state index in [1.54, 1.807) is 16.4 Å². The molecule has 0 radical (unpaired) electrons. The first-order valence-corrected chi connectivity index (χ1v) is 9.32. The zero-order valence-electron chi connectivity index (χ0n) is 11.8. The molecule has 1 N–H and O–H groups in total. The van der Waals surface area contributed by atoms with Crippen LogP contribution in [0.3, 0.4) is 0 Å². The minimum Gasteiger partial charge on any atom is -0.384 e. The molecule has 0 atom stereocenters. The molecule has 0 spiro atoms. The molecule has 1 aromatic rings. The number of thioether (sulfide) groups is 1. The summed E-state index contributed by atoms with van der Waals surface area (Å²) in [4.78, 5) is 0.411. The van der Waals surface area contributed by atoms with Gasteiger partial charge < -0.3 is 5.32 Å². The zero-order chi connectivity index (χ0) is 14.4. The maximum absolute atomic E-state index is 12.8. The predicted octanol–water partition coefficient (Wildman–Crippen LogP) is 2.17. The monoisotopic (exact) mass is 312 g/mol. The number of hydrogen-bond acceptors (Lipinski definition) is 4. The Labute approximate surface area is 125 Å². The maximum Gasteiger partial charge on any atom is 0.243 e. The fourth-order valence-electron chi connectivity index (χ4n) is 2.76. The van der Waals surface area contributed by atoms with E-state index in [0.29, 0.717) is 18.0 Å². The molecule has 0 amide bonds. The molecule has 20 heavy (non-hydrogen) atoms. The van der Waals surface area contributed by atoms with Crippen LogP contribution in [-0.4, -0.2) is 42.9 Å². The van der Waals surface area contributed by atoms with Crippen LogP contribution < -0.4 is 5.32 Å². The van der Waals surface area contributed by atoms with Gasteiger partial charge in [0.05, 0.1) is 4.90 Å². The molecule has 0 saturated carbocycles. The molecule has 1 aromatic carbocycles. The van der Waals surface area contributed by atoms with E-state index >= 15 is 0 Å². The molecular formula is C14H20N2O2S2. The Hall–Kier alpha value is -0.720. The summed E-state index contributed by atoms with van der Waals surface area (Å²) in [6.07, 6.45) is 0.975. The van der Waals surface area contributed by atoms with Crippen molar-refractivity contribution in [2.75, 3.05) is 30.7 Å². The maximum atomic E-state index is 12.8. The van der Waals surface area contributed by atoms with Crippen molar-refractivity contribution in [1.82, 2.24) is 4.31 Å². The zero-order valence-corrected chi connectivity index (χ0v) is 13.5. The van der Waals surface area contributed by atoms with E-state index in [1.165, 1.54) is 5.56 Å². The molecule has 2 aliphatic heterocycles. The lowest BCUT2D eigenvalue weighted by atomic mass is 10.2. The summed E-state index contributed by atoms with van der Waals surface area (Å²) in [6, 6.07) is 5.47. The molecular weight excluding hydrogens is 292 g/mol. The number of sulfonamides is 1. The van der Waals surface area contributed by atoms with Crippen LogP contribution in [0.25, 0.3) is 0 Å². The van der Waals surface area contributed by atoms with Crippen LogP contribution >= 0.6 is 11.8 Å². The number of anilines is 1. The lowest BCUT2D eigenvalue weighted by Crippen LogP contribution is -2.46. The van der Waals surface area contributed by atoms with Crippen LogP contribution in [0.4, 0.5) is 5.69 Å². The number of nitrogens with one attached hydrogen (secondary N) is 1. The van der Waals surface area contributed by atoms with Crippen molar-refractivity contribution >= 4 is 27.5 Å². The van der Waals surface area contributed by atoms with Crippen LogP contribution in [0.5, 0.6) is 0 Å². The highest BCUT2D eigenvalue weighted by Gasteiger charge is 2.34. The highest BCUT2D eigenvalue weighted by atomic mass is 32.2. The second kappa shape index (κ2) is 4.93. The van der Waals surface area contributed by atoms with E-state index in [-0.39, 0.29) is 4.75 Å². The van der Waals surface area contributed by atoms with Gasteiger partial charge in [-0.1, -0.05) is 6.07 Å². The molecule has 2 heterocycles. The summed E-state index contributed by atoms with van der Waals surface area (Å²) in [7, 11) is -3.37. The van der Waals surface area contributed by atoms with Crippen LogP contribution in [0.1, 0.15) is 19.4 Å². The Morgan fingerprint density at radius 3 is 2.90 bits per heavy atom. The SMILES string of the molecule is CC1(C)CN(S(=O)(=O)c2ccc3c(c2)NCC3)CCS1. The minimum atomic E-state index is -3.37. The minimum absolute atomic E-state index is 0.0136. The van der Waals surface area contributed by atoms with Crippen molar-refractivity contribution in [3.63, 3.8) is 0 Å². The molecule has 1 saturated heterocycles. The first-order valence-electron chi connectivity index (χ1n) is 6.89. The Bertz CT molecular complexity index is 626. The molecule has 0 aliphatic carbocycles. The Kier molecular flexibility index (Phi) is 3.51. The second-order valence-electron chi connectivity index (χ2n) is 5.94. The smallest absolute Gasteiger partial charge is 0.243 e. The van der Waals surface area contributed by atoms with Gasteiger partial charge in [-0.15, -0.1) is 0 Å².